The van der Waals surface area contributed by atoms with Crippen molar-refractivity contribution in [2.75, 3.05) is 15.1 Å². The van der Waals surface area contributed by atoms with Crippen LogP contribution in [0.15, 0.2) is 78.1 Å². The number of nitrogens with one attached hydrogen (secondary N) is 1. The summed E-state index contributed by atoms with van der Waals surface area (Å²) in [6.07, 6.45) is -9.69. The highest BCUT2D eigenvalue weighted by Gasteiger charge is 2.48. The van der Waals surface area contributed by atoms with E-state index in [9.17, 15) is 36.7 Å². The lowest BCUT2D eigenvalue weighted by Gasteiger charge is -2.31. The van der Waals surface area contributed by atoms with Crippen LogP contribution in [0.1, 0.15) is 36.1 Å². The molecule has 0 radical (unpaired) electrons. The molecule has 1 heterocycles. The molecule has 7 nitrogen and oxygen atoms in total. The number of nitriles is 2. The molecule has 0 spiro atoms. The maximum atomic E-state index is 13.9. The molecule has 3 aromatic carbocycles. The number of rotatable bonds is 3. The van der Waals surface area contributed by atoms with E-state index in [-0.39, 0.29) is 33.9 Å². The molecule has 1 aliphatic rings. The number of thiocarbonyl (C=S) groups is 1. The summed E-state index contributed by atoms with van der Waals surface area (Å²) in [7, 11) is 0. The van der Waals surface area contributed by atoms with Crippen LogP contribution in [0.5, 0.6) is 5.75 Å². The SMILES string of the molecule is C=C1N(c2ccc(C#N)c(C(F)(F)F)c2)C(=NC(=S)Nc2ccc(C#N)c(C(F)(F)F)c2)C(C)(C)N1c1ccc(O)cc1. The van der Waals surface area contributed by atoms with Crippen LogP contribution in [0, 0.1) is 22.7 Å². The Labute approximate surface area is 247 Å². The van der Waals surface area contributed by atoms with Crippen LogP contribution in [-0.2, 0) is 12.4 Å². The Morgan fingerprint density at radius 1 is 0.884 bits per heavy atom. The zero-order valence-electron chi connectivity index (χ0n) is 22.3. The van der Waals surface area contributed by atoms with Gasteiger partial charge in [-0.25, -0.2) is 4.99 Å². The lowest BCUT2D eigenvalue weighted by atomic mass is 10.0. The Morgan fingerprint density at radius 3 is 1.93 bits per heavy atom. The van der Waals surface area contributed by atoms with Crippen molar-refractivity contribution >= 4 is 40.2 Å². The van der Waals surface area contributed by atoms with Crippen LogP contribution >= 0.6 is 12.2 Å². The highest BCUT2D eigenvalue weighted by Crippen LogP contribution is 2.43. The fourth-order valence-electron chi connectivity index (χ4n) is 4.66. The summed E-state index contributed by atoms with van der Waals surface area (Å²) in [4.78, 5) is 7.33. The Kier molecular flexibility index (Phi) is 7.87. The topological polar surface area (TPSA) is 98.7 Å². The van der Waals surface area contributed by atoms with Gasteiger partial charge in [0.15, 0.2) is 5.11 Å². The molecule has 1 aliphatic heterocycles. The predicted molar refractivity (Wildman–Crippen MR) is 152 cm³/mol. The summed E-state index contributed by atoms with van der Waals surface area (Å²) in [5.41, 5.74) is -4.48. The minimum atomic E-state index is -4.87. The van der Waals surface area contributed by atoms with Crippen molar-refractivity contribution in [1.29, 1.82) is 10.5 Å². The number of hydrogen-bond donors (Lipinski definition) is 2. The molecule has 0 amide bonds. The smallest absolute Gasteiger partial charge is 0.417 e. The molecule has 1 saturated heterocycles. The maximum absolute atomic E-state index is 13.9. The van der Waals surface area contributed by atoms with E-state index in [0.717, 1.165) is 18.2 Å². The van der Waals surface area contributed by atoms with E-state index in [1.54, 1.807) is 30.9 Å². The number of amidine groups is 1. The van der Waals surface area contributed by atoms with Crippen LogP contribution < -0.4 is 15.1 Å². The van der Waals surface area contributed by atoms with Gasteiger partial charge in [-0.15, -0.1) is 0 Å². The van der Waals surface area contributed by atoms with E-state index in [0.29, 0.717) is 11.8 Å². The second kappa shape index (κ2) is 11.0. The number of halogens is 6. The Morgan fingerprint density at radius 2 is 1.40 bits per heavy atom. The van der Waals surface area contributed by atoms with Gasteiger partial charge < -0.3 is 15.3 Å². The Bertz CT molecular complexity index is 1730. The standard InChI is InChI=1S/C29H20F6N6OS/c1-16-40(21-7-5-18(15-37)24(13-21)29(33,34)35)25(27(2,3)41(16)20-8-10-22(42)11-9-20)39-26(43)38-19-6-4-17(14-36)23(12-19)28(30,31)32/h4-13,42H,1H2,2-3H3,(H,38,43). The third-order valence-electron chi connectivity index (χ3n) is 6.53. The lowest BCUT2D eigenvalue weighted by Crippen LogP contribution is -2.44. The van der Waals surface area contributed by atoms with Crippen LogP contribution in [0.2, 0.25) is 0 Å². The van der Waals surface area contributed by atoms with Crippen LogP contribution in [0.3, 0.4) is 0 Å². The first-order chi connectivity index (χ1) is 20.0. The monoisotopic (exact) mass is 614 g/mol. The van der Waals surface area contributed by atoms with Crippen LogP contribution in [0.25, 0.3) is 0 Å². The molecule has 0 bridgehead atoms. The second-order valence-electron chi connectivity index (χ2n) is 9.74. The lowest BCUT2D eigenvalue weighted by molar-refractivity contribution is -0.138. The molecule has 1 fully saturated rings. The van der Waals surface area contributed by atoms with Crippen molar-refractivity contribution in [2.24, 2.45) is 4.99 Å². The van der Waals surface area contributed by atoms with Gasteiger partial charge in [-0.2, -0.15) is 36.9 Å². The van der Waals surface area contributed by atoms with Crippen molar-refractivity contribution in [3.63, 3.8) is 0 Å². The first kappa shape index (κ1) is 30.9. The predicted octanol–water partition coefficient (Wildman–Crippen LogP) is 7.55. The second-order valence-corrected chi connectivity index (χ2v) is 10.1. The van der Waals surface area contributed by atoms with Gasteiger partial charge in [0.2, 0.25) is 0 Å². The molecule has 0 aromatic heterocycles. The number of anilines is 3. The van der Waals surface area contributed by atoms with Crippen molar-refractivity contribution in [3.05, 3.63) is 95.3 Å². The van der Waals surface area contributed by atoms with E-state index in [1.165, 1.54) is 41.3 Å². The van der Waals surface area contributed by atoms with Crippen molar-refractivity contribution < 1.29 is 31.4 Å². The maximum Gasteiger partial charge on any atom is 0.417 e. The van der Waals surface area contributed by atoms with Gasteiger partial charge in [0.25, 0.3) is 0 Å². The number of alkyl halides is 6. The van der Waals surface area contributed by atoms with E-state index in [2.05, 4.69) is 16.9 Å². The fourth-order valence-corrected chi connectivity index (χ4v) is 4.86. The highest BCUT2D eigenvalue weighted by molar-refractivity contribution is 7.80. The number of aromatic hydroxyl groups is 1. The molecule has 0 saturated carbocycles. The molecule has 0 unspecified atom stereocenters. The van der Waals surface area contributed by atoms with Gasteiger partial charge >= 0.3 is 12.4 Å². The van der Waals surface area contributed by atoms with Crippen molar-refractivity contribution in [3.8, 4) is 17.9 Å². The van der Waals surface area contributed by atoms with Crippen molar-refractivity contribution in [2.45, 2.75) is 31.7 Å². The average molecular weight is 615 g/mol. The van der Waals surface area contributed by atoms with Crippen LogP contribution in [0.4, 0.5) is 43.4 Å². The van der Waals surface area contributed by atoms with Gasteiger partial charge in [-0.05, 0) is 86.7 Å². The van der Waals surface area contributed by atoms with Gasteiger partial charge in [-0.1, -0.05) is 6.58 Å². The molecule has 0 atom stereocenters. The van der Waals surface area contributed by atoms with Gasteiger partial charge in [0.05, 0.1) is 39.9 Å². The van der Waals surface area contributed by atoms with E-state index in [4.69, 9.17) is 17.5 Å². The zero-order valence-corrected chi connectivity index (χ0v) is 23.2. The summed E-state index contributed by atoms with van der Waals surface area (Å²) < 4.78 is 82.1. The van der Waals surface area contributed by atoms with Gasteiger partial charge in [-0.3, -0.25) is 4.90 Å². The molecule has 220 valence electrons. The number of hydrogen-bond acceptors (Lipinski definition) is 5. The average Bonchev–Trinajstić information content (AvgIpc) is 3.11. The molecule has 3 aromatic rings. The quantitative estimate of drug-likeness (QED) is 0.232. The zero-order chi connectivity index (χ0) is 31.9. The third kappa shape index (κ3) is 5.96. The van der Waals surface area contributed by atoms with Crippen molar-refractivity contribution in [1.82, 2.24) is 0 Å². The molecular formula is C29H20F6N6OS. The summed E-state index contributed by atoms with van der Waals surface area (Å²) in [5, 5.41) is 30.3. The molecule has 0 aliphatic carbocycles. The minimum absolute atomic E-state index is 0.0370. The number of phenols is 1. The summed E-state index contributed by atoms with van der Waals surface area (Å²) in [5.74, 6) is 0.142. The molecule has 43 heavy (non-hydrogen) atoms. The first-order valence-electron chi connectivity index (χ1n) is 12.2. The Balaban J connectivity index is 1.85. The fraction of sp³-hybridized carbons (Fsp3) is 0.172. The minimum Gasteiger partial charge on any atom is -0.508 e. The van der Waals surface area contributed by atoms with Gasteiger partial charge in [0.1, 0.15) is 17.4 Å². The third-order valence-corrected chi connectivity index (χ3v) is 6.73. The van der Waals surface area contributed by atoms with Crippen LogP contribution in [-0.4, -0.2) is 21.6 Å². The normalized spacial score (nSPS) is 15.8. The number of phenolic OH excluding ortho intramolecular Hbond substituents is 1. The summed E-state index contributed by atoms with van der Waals surface area (Å²) in [6.45, 7) is 7.41. The van der Waals surface area contributed by atoms with E-state index < -0.39 is 40.1 Å². The summed E-state index contributed by atoms with van der Waals surface area (Å²) >= 11 is 5.34. The largest absolute Gasteiger partial charge is 0.508 e. The number of benzene rings is 3. The molecular weight excluding hydrogens is 594 g/mol. The van der Waals surface area contributed by atoms with E-state index >= 15 is 0 Å². The summed E-state index contributed by atoms with van der Waals surface area (Å²) in [6, 6.07) is 14.8. The number of aliphatic imine (C=N–C) groups is 1. The highest BCUT2D eigenvalue weighted by atomic mass is 32.1. The Hall–Kier alpha value is -5.08. The number of nitrogens with zero attached hydrogens (tertiary/aromatic N) is 5. The van der Waals surface area contributed by atoms with Gasteiger partial charge in [0, 0.05) is 17.1 Å². The first-order valence-corrected chi connectivity index (χ1v) is 12.6. The molecule has 4 rings (SSSR count). The van der Waals surface area contributed by atoms with E-state index in [1.807, 2.05) is 0 Å². The molecule has 14 heteroatoms. The molecule has 2 N–H and O–H groups in total.